The van der Waals surface area contributed by atoms with Crippen LogP contribution in [0.25, 0.3) is 0 Å². The van der Waals surface area contributed by atoms with E-state index in [2.05, 4.69) is 45.0 Å². The van der Waals surface area contributed by atoms with Gasteiger partial charge in [0.25, 0.3) is 0 Å². The molecule has 1 atom stereocenters. The van der Waals surface area contributed by atoms with Gasteiger partial charge in [0.05, 0.1) is 0 Å². The highest BCUT2D eigenvalue weighted by atomic mass is 32.1. The molecule has 0 aromatic carbocycles. The maximum atomic E-state index is 4.84. The zero-order chi connectivity index (χ0) is 9.07. The Morgan fingerprint density at radius 2 is 1.91 bits per heavy atom. The van der Waals surface area contributed by atoms with Crippen molar-refractivity contribution in [3.05, 3.63) is 0 Å². The molecule has 65 valence electrons. The van der Waals surface area contributed by atoms with Crippen LogP contribution in [0.1, 0.15) is 41.0 Å². The van der Waals surface area contributed by atoms with E-state index in [9.17, 15) is 0 Å². The summed E-state index contributed by atoms with van der Waals surface area (Å²) < 4.78 is 0. The second kappa shape index (κ2) is 4.05. The van der Waals surface area contributed by atoms with E-state index < -0.39 is 0 Å². The van der Waals surface area contributed by atoms with Crippen LogP contribution < -0.4 is 0 Å². The van der Waals surface area contributed by atoms with Gasteiger partial charge in [-0.1, -0.05) is 19.1 Å². The number of hydrogen-bond acceptors (Lipinski definition) is 1. The van der Waals surface area contributed by atoms with E-state index in [1.807, 2.05) is 0 Å². The number of nitrogens with zero attached hydrogens (tertiary/aromatic N) is 1. The predicted octanol–water partition coefficient (Wildman–Crippen LogP) is 2.72. The summed E-state index contributed by atoms with van der Waals surface area (Å²) in [5.74, 6) is 0. The summed E-state index contributed by atoms with van der Waals surface area (Å²) in [5.41, 5.74) is 2.92. The van der Waals surface area contributed by atoms with Gasteiger partial charge in [-0.2, -0.15) is 0 Å². The van der Waals surface area contributed by atoms with Crippen LogP contribution in [0.4, 0.5) is 0 Å². The first-order valence-electron chi connectivity index (χ1n) is 4.10. The number of thiocarbonyl (C=S) groups is 1. The third kappa shape index (κ3) is 3.19. The molecular formula is C9H18NS. The van der Waals surface area contributed by atoms with Crippen molar-refractivity contribution in [1.29, 1.82) is 0 Å². The largest absolute Gasteiger partial charge is 0.353 e. The first-order valence-corrected chi connectivity index (χ1v) is 4.51. The maximum Gasteiger partial charge on any atom is 0.137 e. The van der Waals surface area contributed by atoms with Crippen molar-refractivity contribution in [1.82, 2.24) is 4.90 Å². The first kappa shape index (κ1) is 10.9. The highest BCUT2D eigenvalue weighted by Crippen LogP contribution is 2.16. The lowest BCUT2D eigenvalue weighted by Gasteiger charge is -2.37. The van der Waals surface area contributed by atoms with Crippen LogP contribution in [0.2, 0.25) is 0 Å². The van der Waals surface area contributed by atoms with Gasteiger partial charge < -0.3 is 4.90 Å². The average molecular weight is 172 g/mol. The molecule has 0 aromatic rings. The van der Waals surface area contributed by atoms with E-state index in [0.717, 1.165) is 6.42 Å². The molecule has 2 heteroatoms. The number of hydrogen-bond donors (Lipinski definition) is 0. The molecule has 11 heavy (non-hydrogen) atoms. The van der Waals surface area contributed by atoms with Crippen LogP contribution in [-0.4, -0.2) is 22.0 Å². The highest BCUT2D eigenvalue weighted by molar-refractivity contribution is 7.78. The Kier molecular flexibility index (Phi) is 4.01. The summed E-state index contributed by atoms with van der Waals surface area (Å²) in [4.78, 5) is 2.10. The van der Waals surface area contributed by atoms with Crippen LogP contribution >= 0.6 is 12.2 Å². The quantitative estimate of drug-likeness (QED) is 0.475. The summed E-state index contributed by atoms with van der Waals surface area (Å²) in [6.45, 7) is 10.8. The van der Waals surface area contributed by atoms with Crippen LogP contribution in [0.5, 0.6) is 0 Å². The van der Waals surface area contributed by atoms with Gasteiger partial charge in [0.1, 0.15) is 5.49 Å². The Bertz CT molecular complexity index is 126. The molecule has 0 amide bonds. The lowest BCUT2D eigenvalue weighted by molar-refractivity contribution is 0.192. The fourth-order valence-electron chi connectivity index (χ4n) is 1.07. The van der Waals surface area contributed by atoms with Gasteiger partial charge in [0.15, 0.2) is 0 Å². The van der Waals surface area contributed by atoms with Gasteiger partial charge >= 0.3 is 0 Å². The fraction of sp³-hybridized carbons (Fsp3) is 0.889. The van der Waals surface area contributed by atoms with Crippen LogP contribution in [-0.2, 0) is 0 Å². The zero-order valence-electron chi connectivity index (χ0n) is 8.14. The van der Waals surface area contributed by atoms with Gasteiger partial charge in [0.2, 0.25) is 0 Å². The zero-order valence-corrected chi connectivity index (χ0v) is 8.96. The Hall–Kier alpha value is -0.110. The number of rotatable bonds is 3. The topological polar surface area (TPSA) is 3.24 Å². The summed E-state index contributed by atoms with van der Waals surface area (Å²) in [5, 5.41) is 0. The van der Waals surface area contributed by atoms with E-state index >= 15 is 0 Å². The van der Waals surface area contributed by atoms with E-state index in [1.54, 1.807) is 0 Å². The normalized spacial score (nSPS) is 14.3. The van der Waals surface area contributed by atoms with Crippen molar-refractivity contribution in [2.45, 2.75) is 52.6 Å². The highest BCUT2D eigenvalue weighted by Gasteiger charge is 2.22. The molecule has 0 rings (SSSR count). The maximum absolute atomic E-state index is 4.84. The Labute approximate surface area is 75.8 Å². The van der Waals surface area contributed by atoms with Gasteiger partial charge in [0, 0.05) is 11.6 Å². The van der Waals surface area contributed by atoms with Crippen molar-refractivity contribution >= 4 is 17.7 Å². The molecular weight excluding hydrogens is 154 g/mol. The first-order chi connectivity index (χ1) is 4.93. The molecule has 0 aliphatic heterocycles. The molecule has 0 N–H and O–H groups in total. The molecule has 0 aliphatic rings. The van der Waals surface area contributed by atoms with Crippen molar-refractivity contribution in [2.75, 3.05) is 0 Å². The molecule has 1 nitrogen and oxygen atoms in total. The third-order valence-electron chi connectivity index (χ3n) is 1.85. The van der Waals surface area contributed by atoms with Crippen molar-refractivity contribution in [3.63, 3.8) is 0 Å². The van der Waals surface area contributed by atoms with E-state index in [0.29, 0.717) is 6.04 Å². The van der Waals surface area contributed by atoms with Crippen molar-refractivity contribution in [3.8, 4) is 0 Å². The van der Waals surface area contributed by atoms with Gasteiger partial charge in [-0.05, 0) is 34.1 Å². The Morgan fingerprint density at radius 1 is 1.45 bits per heavy atom. The third-order valence-corrected chi connectivity index (χ3v) is 2.05. The van der Waals surface area contributed by atoms with Crippen LogP contribution in [0.3, 0.4) is 0 Å². The minimum Gasteiger partial charge on any atom is -0.353 e. The lowest BCUT2D eigenvalue weighted by Crippen LogP contribution is -2.45. The summed E-state index contributed by atoms with van der Waals surface area (Å²) in [7, 11) is 0. The fourth-order valence-corrected chi connectivity index (χ4v) is 1.52. The summed E-state index contributed by atoms with van der Waals surface area (Å²) in [6.07, 6.45) is 1.11. The molecule has 1 unspecified atom stereocenters. The summed E-state index contributed by atoms with van der Waals surface area (Å²) in [6, 6.07) is 0.493. The van der Waals surface area contributed by atoms with E-state index in [-0.39, 0.29) is 5.54 Å². The SMILES string of the molecule is CCC(C)N([C]=S)C(C)(C)C. The smallest absolute Gasteiger partial charge is 0.137 e. The minimum atomic E-state index is 0.108. The molecule has 0 saturated carbocycles. The predicted molar refractivity (Wildman–Crippen MR) is 53.9 cm³/mol. The Balaban J connectivity index is 4.28. The molecule has 0 saturated heterocycles. The molecule has 0 spiro atoms. The van der Waals surface area contributed by atoms with Crippen LogP contribution in [0, 0.1) is 0 Å². The second-order valence-electron chi connectivity index (χ2n) is 3.89. The molecule has 0 fully saturated rings. The molecule has 0 aromatic heterocycles. The van der Waals surface area contributed by atoms with Gasteiger partial charge in [-0.25, -0.2) is 0 Å². The van der Waals surface area contributed by atoms with Crippen LogP contribution in [0.15, 0.2) is 0 Å². The second-order valence-corrected chi connectivity index (χ2v) is 4.07. The average Bonchev–Trinajstić information content (AvgIpc) is 1.86. The van der Waals surface area contributed by atoms with E-state index in [4.69, 9.17) is 12.2 Å². The minimum absolute atomic E-state index is 0.108. The summed E-state index contributed by atoms with van der Waals surface area (Å²) >= 11 is 4.84. The van der Waals surface area contributed by atoms with Gasteiger partial charge in [-0.15, -0.1) is 0 Å². The molecule has 0 aliphatic carbocycles. The lowest BCUT2D eigenvalue weighted by atomic mass is 10.0. The molecule has 0 heterocycles. The standard InChI is InChI=1S/C9H18NS/c1-6-8(2)10(7-11)9(3,4)5/h8H,6H2,1-5H3. The molecule has 0 bridgehead atoms. The van der Waals surface area contributed by atoms with E-state index in [1.165, 1.54) is 0 Å². The Morgan fingerprint density at radius 3 is 2.00 bits per heavy atom. The molecule has 1 radical (unpaired) electrons. The van der Waals surface area contributed by atoms with Crippen molar-refractivity contribution < 1.29 is 0 Å². The monoisotopic (exact) mass is 172 g/mol. The van der Waals surface area contributed by atoms with Crippen molar-refractivity contribution in [2.24, 2.45) is 0 Å². The van der Waals surface area contributed by atoms with Gasteiger partial charge in [-0.3, -0.25) is 0 Å².